The third-order valence-corrected chi connectivity index (χ3v) is 8.20. The highest BCUT2D eigenvalue weighted by Gasteiger charge is 2.24. The van der Waals surface area contributed by atoms with Crippen molar-refractivity contribution in [1.82, 2.24) is 24.8 Å². The number of likely N-dealkylation sites (tertiary alicyclic amines) is 1. The minimum absolute atomic E-state index is 0.843. The van der Waals surface area contributed by atoms with Gasteiger partial charge in [0.05, 0.1) is 11.9 Å². The van der Waals surface area contributed by atoms with Crippen LogP contribution < -0.4 is 4.90 Å². The van der Waals surface area contributed by atoms with Crippen LogP contribution in [0, 0.1) is 19.8 Å². The fourth-order valence-corrected chi connectivity index (χ4v) is 5.90. The van der Waals surface area contributed by atoms with Crippen molar-refractivity contribution in [2.45, 2.75) is 46.7 Å². The second-order valence-corrected chi connectivity index (χ2v) is 10.7. The van der Waals surface area contributed by atoms with Crippen molar-refractivity contribution in [2.24, 2.45) is 5.92 Å². The van der Waals surface area contributed by atoms with Crippen molar-refractivity contribution < 1.29 is 0 Å². The number of aromatic nitrogens is 3. The second-order valence-electron chi connectivity index (χ2n) is 9.51. The molecule has 2 saturated heterocycles. The Bertz CT molecular complexity index is 1050. The number of aryl methyl sites for hydroxylation is 2. The highest BCUT2D eigenvalue weighted by molar-refractivity contribution is 7.18. The summed E-state index contributed by atoms with van der Waals surface area (Å²) >= 11 is 1.82. The maximum absolute atomic E-state index is 5.17. The quantitative estimate of drug-likeness (QED) is 0.579. The molecule has 170 valence electrons. The smallest absolute Gasteiger partial charge is 0.146 e. The van der Waals surface area contributed by atoms with E-state index in [1.54, 1.807) is 0 Å². The van der Waals surface area contributed by atoms with E-state index in [0.29, 0.717) is 0 Å². The van der Waals surface area contributed by atoms with E-state index in [0.717, 1.165) is 74.7 Å². The Hall–Kier alpha value is -2.09. The molecule has 0 amide bonds. The fraction of sp³-hybridized carbons (Fsp3) is 0.560. The van der Waals surface area contributed by atoms with Gasteiger partial charge < -0.3 is 4.90 Å². The number of fused-ring (bicyclic) bond motifs is 1. The van der Waals surface area contributed by atoms with Gasteiger partial charge in [-0.2, -0.15) is 0 Å². The van der Waals surface area contributed by atoms with Crippen LogP contribution in [0.5, 0.6) is 0 Å². The van der Waals surface area contributed by atoms with Crippen LogP contribution >= 0.6 is 11.3 Å². The molecule has 0 saturated carbocycles. The molecule has 2 aliphatic heterocycles. The third-order valence-electron chi connectivity index (χ3n) is 7.10. The number of rotatable bonds is 5. The Kier molecular flexibility index (Phi) is 6.40. The van der Waals surface area contributed by atoms with Crippen LogP contribution in [0.4, 0.5) is 5.82 Å². The molecule has 5 rings (SSSR count). The second kappa shape index (κ2) is 9.41. The SMILES string of the molecule is Cc1sc2nc(CN3CCC(C)CC3)nc(N3CCN(Cc4cccnc4)CC3)c2c1C. The van der Waals surface area contributed by atoms with Gasteiger partial charge in [-0.3, -0.25) is 14.8 Å². The molecule has 32 heavy (non-hydrogen) atoms. The maximum atomic E-state index is 5.17. The van der Waals surface area contributed by atoms with E-state index >= 15 is 0 Å². The first kappa shape index (κ1) is 21.7. The topological polar surface area (TPSA) is 48.4 Å². The molecule has 0 spiro atoms. The summed E-state index contributed by atoms with van der Waals surface area (Å²) in [6, 6.07) is 4.19. The van der Waals surface area contributed by atoms with Crippen molar-refractivity contribution in [3.63, 3.8) is 0 Å². The molecule has 7 heteroatoms. The Morgan fingerprint density at radius 1 is 0.969 bits per heavy atom. The van der Waals surface area contributed by atoms with Crippen molar-refractivity contribution in [3.05, 3.63) is 46.4 Å². The van der Waals surface area contributed by atoms with Gasteiger partial charge >= 0.3 is 0 Å². The van der Waals surface area contributed by atoms with Gasteiger partial charge in [-0.15, -0.1) is 11.3 Å². The van der Waals surface area contributed by atoms with Crippen LogP contribution in [-0.4, -0.2) is 64.0 Å². The van der Waals surface area contributed by atoms with Crippen molar-refractivity contribution in [3.8, 4) is 0 Å². The first-order chi connectivity index (χ1) is 15.6. The van der Waals surface area contributed by atoms with E-state index in [1.165, 1.54) is 34.2 Å². The van der Waals surface area contributed by atoms with Crippen LogP contribution in [0.2, 0.25) is 0 Å². The van der Waals surface area contributed by atoms with Gasteiger partial charge in [0.1, 0.15) is 16.5 Å². The Labute approximate surface area is 195 Å². The third kappa shape index (κ3) is 4.65. The predicted molar refractivity (Wildman–Crippen MR) is 132 cm³/mol. The van der Waals surface area contributed by atoms with Crippen LogP contribution in [0.15, 0.2) is 24.5 Å². The van der Waals surface area contributed by atoms with Gasteiger partial charge in [0.2, 0.25) is 0 Å². The number of anilines is 1. The first-order valence-corrected chi connectivity index (χ1v) is 12.7. The summed E-state index contributed by atoms with van der Waals surface area (Å²) in [5.74, 6) is 2.98. The highest BCUT2D eigenvalue weighted by Crippen LogP contribution is 2.35. The lowest BCUT2D eigenvalue weighted by Gasteiger charge is -2.36. The average molecular weight is 451 g/mol. The van der Waals surface area contributed by atoms with Crippen LogP contribution in [-0.2, 0) is 13.1 Å². The fourth-order valence-electron chi connectivity index (χ4n) is 4.86. The van der Waals surface area contributed by atoms with Gasteiger partial charge in [0.15, 0.2) is 0 Å². The number of hydrogen-bond acceptors (Lipinski definition) is 7. The van der Waals surface area contributed by atoms with E-state index in [2.05, 4.69) is 46.5 Å². The highest BCUT2D eigenvalue weighted by atomic mass is 32.1. The summed E-state index contributed by atoms with van der Waals surface area (Å²) in [6.45, 7) is 15.0. The van der Waals surface area contributed by atoms with Gasteiger partial charge in [-0.05, 0) is 62.9 Å². The number of thiophene rings is 1. The molecule has 5 heterocycles. The molecule has 0 unspecified atom stereocenters. The van der Waals surface area contributed by atoms with E-state index in [9.17, 15) is 0 Å². The minimum atomic E-state index is 0.843. The lowest BCUT2D eigenvalue weighted by atomic mass is 9.99. The molecule has 3 aromatic heterocycles. The zero-order valence-corrected chi connectivity index (χ0v) is 20.4. The van der Waals surface area contributed by atoms with Gasteiger partial charge in [0, 0.05) is 50.0 Å². The molecule has 0 atom stereocenters. The largest absolute Gasteiger partial charge is 0.353 e. The lowest BCUT2D eigenvalue weighted by molar-refractivity contribution is 0.181. The summed E-state index contributed by atoms with van der Waals surface area (Å²) in [4.78, 5) is 24.5. The zero-order valence-electron chi connectivity index (χ0n) is 19.5. The standard InChI is InChI=1S/C25H34N6S/c1-18-6-9-29(10-7-18)17-22-27-24(23-19(2)20(3)32-25(23)28-22)31-13-11-30(12-14-31)16-21-5-4-8-26-15-21/h4-5,8,15,18H,6-7,9-14,16-17H2,1-3H3. The summed E-state index contributed by atoms with van der Waals surface area (Å²) in [6.07, 6.45) is 6.39. The number of piperazine rings is 1. The number of pyridine rings is 1. The molecule has 6 nitrogen and oxygen atoms in total. The number of nitrogens with zero attached hydrogens (tertiary/aromatic N) is 6. The summed E-state index contributed by atoms with van der Waals surface area (Å²) < 4.78 is 0. The monoisotopic (exact) mass is 450 g/mol. The molecular formula is C25H34N6S. The maximum Gasteiger partial charge on any atom is 0.146 e. The van der Waals surface area contributed by atoms with Crippen molar-refractivity contribution in [1.29, 1.82) is 0 Å². The number of hydrogen-bond donors (Lipinski definition) is 0. The molecule has 2 aliphatic rings. The van der Waals surface area contributed by atoms with E-state index in [-0.39, 0.29) is 0 Å². The zero-order chi connectivity index (χ0) is 22.1. The van der Waals surface area contributed by atoms with E-state index in [4.69, 9.17) is 9.97 Å². The molecular weight excluding hydrogens is 416 g/mol. The molecule has 0 bridgehead atoms. The minimum Gasteiger partial charge on any atom is -0.353 e. The Morgan fingerprint density at radius 2 is 1.72 bits per heavy atom. The molecule has 2 fully saturated rings. The number of piperidine rings is 1. The van der Waals surface area contributed by atoms with Crippen LogP contribution in [0.1, 0.15) is 41.6 Å². The first-order valence-electron chi connectivity index (χ1n) is 11.9. The van der Waals surface area contributed by atoms with E-state index < -0.39 is 0 Å². The predicted octanol–water partition coefficient (Wildman–Crippen LogP) is 4.26. The molecule has 0 N–H and O–H groups in total. The van der Waals surface area contributed by atoms with Crippen LogP contribution in [0.25, 0.3) is 10.2 Å². The lowest BCUT2D eigenvalue weighted by Crippen LogP contribution is -2.46. The average Bonchev–Trinajstić information content (AvgIpc) is 3.09. The Balaban J connectivity index is 1.35. The summed E-state index contributed by atoms with van der Waals surface area (Å²) in [7, 11) is 0. The van der Waals surface area contributed by atoms with Crippen molar-refractivity contribution in [2.75, 3.05) is 44.2 Å². The van der Waals surface area contributed by atoms with Gasteiger partial charge in [-0.1, -0.05) is 13.0 Å². The summed E-state index contributed by atoms with van der Waals surface area (Å²) in [5.41, 5.74) is 2.63. The van der Waals surface area contributed by atoms with Crippen LogP contribution in [0.3, 0.4) is 0 Å². The summed E-state index contributed by atoms with van der Waals surface area (Å²) in [5, 5.41) is 1.27. The molecule has 0 radical (unpaired) electrons. The van der Waals surface area contributed by atoms with E-state index in [1.807, 2.05) is 29.8 Å². The Morgan fingerprint density at radius 3 is 2.44 bits per heavy atom. The molecule has 0 aliphatic carbocycles. The molecule has 0 aromatic carbocycles. The normalized spacial score (nSPS) is 19.2. The van der Waals surface area contributed by atoms with Crippen molar-refractivity contribution >= 4 is 27.4 Å². The van der Waals surface area contributed by atoms with Gasteiger partial charge in [-0.25, -0.2) is 9.97 Å². The van der Waals surface area contributed by atoms with Gasteiger partial charge in [0.25, 0.3) is 0 Å². The molecule has 3 aromatic rings.